The van der Waals surface area contributed by atoms with Crippen LogP contribution in [0.2, 0.25) is 0 Å². The number of benzene rings is 3. The van der Waals surface area contributed by atoms with Crippen LogP contribution < -0.4 is 9.47 Å². The first-order valence-corrected chi connectivity index (χ1v) is 14.4. The maximum Gasteiger partial charge on any atom is 0.343 e. The Hall–Kier alpha value is -3.42. The number of allylic oxidation sites excluding steroid dienone is 1. The second-order valence-corrected chi connectivity index (χ2v) is 11.3. The van der Waals surface area contributed by atoms with Crippen LogP contribution in [0.25, 0.3) is 0 Å². The van der Waals surface area contributed by atoms with E-state index in [2.05, 4.69) is 6.92 Å². The summed E-state index contributed by atoms with van der Waals surface area (Å²) in [6.45, 7) is 3.97. The minimum absolute atomic E-state index is 0.193. The van der Waals surface area contributed by atoms with Crippen LogP contribution in [0, 0.1) is 6.92 Å². The molecule has 0 aliphatic carbocycles. The van der Waals surface area contributed by atoms with Gasteiger partial charge in [0, 0.05) is 0 Å². The zero-order valence-corrected chi connectivity index (χ0v) is 23.0. The van der Waals surface area contributed by atoms with Gasteiger partial charge < -0.3 is 14.6 Å². The van der Waals surface area contributed by atoms with E-state index >= 15 is 0 Å². The van der Waals surface area contributed by atoms with Crippen molar-refractivity contribution in [2.45, 2.75) is 62.2 Å². The van der Waals surface area contributed by atoms with Gasteiger partial charge in [0.2, 0.25) is 0 Å². The molecule has 3 rings (SSSR count). The van der Waals surface area contributed by atoms with Gasteiger partial charge in [-0.15, -0.1) is 0 Å². The van der Waals surface area contributed by atoms with Crippen LogP contribution in [-0.2, 0) is 16.3 Å². The van der Waals surface area contributed by atoms with Crippen LogP contribution in [0.5, 0.6) is 11.5 Å². The highest BCUT2D eigenvalue weighted by atomic mass is 32.2. The summed E-state index contributed by atoms with van der Waals surface area (Å²) in [5, 5.41) is 10.0. The zero-order valence-electron chi connectivity index (χ0n) is 22.2. The molecule has 0 saturated heterocycles. The first-order chi connectivity index (χ1) is 18.3. The standard InChI is InChI=1S/C31H36O6S/c1-4-5-6-10-13-30(38(34,35)26-18-14-23(2)15-19-26)27(32)20-16-24-17-21-28(29(22-24)36-3)37-31(33)25-11-8-7-9-12-25/h7-15,17-19,21-22,27,30,32H,4-6,16,20H2,1-3H3/b13-10+. The fourth-order valence-corrected chi connectivity index (χ4v) is 5.74. The molecule has 3 aromatic carbocycles. The number of aryl methyl sites for hydroxylation is 2. The van der Waals surface area contributed by atoms with E-state index < -0.39 is 27.2 Å². The summed E-state index contributed by atoms with van der Waals surface area (Å²) in [5.74, 6) is 0.167. The molecule has 7 heteroatoms. The summed E-state index contributed by atoms with van der Waals surface area (Å²) in [4.78, 5) is 12.6. The second kappa shape index (κ2) is 13.9. The summed E-state index contributed by atoms with van der Waals surface area (Å²) in [6, 6.07) is 20.5. The Balaban J connectivity index is 1.75. The Morgan fingerprint density at radius 2 is 1.71 bits per heavy atom. The topological polar surface area (TPSA) is 89.9 Å². The van der Waals surface area contributed by atoms with E-state index in [1.54, 1.807) is 72.8 Å². The predicted octanol–water partition coefficient (Wildman–Crippen LogP) is 6.11. The van der Waals surface area contributed by atoms with E-state index in [-0.39, 0.29) is 17.1 Å². The molecule has 0 saturated carbocycles. The third-order valence-corrected chi connectivity index (χ3v) is 8.42. The summed E-state index contributed by atoms with van der Waals surface area (Å²) in [6.07, 6.45) is 5.70. The quantitative estimate of drug-likeness (QED) is 0.123. The van der Waals surface area contributed by atoms with E-state index in [0.717, 1.165) is 30.4 Å². The lowest BCUT2D eigenvalue weighted by atomic mass is 10.0. The molecule has 3 aromatic rings. The smallest absolute Gasteiger partial charge is 0.343 e. The van der Waals surface area contributed by atoms with Crippen molar-refractivity contribution < 1.29 is 27.8 Å². The van der Waals surface area contributed by atoms with Gasteiger partial charge in [0.25, 0.3) is 0 Å². The normalized spacial score (nSPS) is 13.3. The van der Waals surface area contributed by atoms with Gasteiger partial charge >= 0.3 is 5.97 Å². The van der Waals surface area contributed by atoms with E-state index in [0.29, 0.717) is 17.7 Å². The van der Waals surface area contributed by atoms with Crippen molar-refractivity contribution in [1.29, 1.82) is 0 Å². The number of esters is 1. The molecule has 2 atom stereocenters. The molecule has 6 nitrogen and oxygen atoms in total. The predicted molar refractivity (Wildman–Crippen MR) is 150 cm³/mol. The minimum atomic E-state index is -3.79. The highest BCUT2D eigenvalue weighted by molar-refractivity contribution is 7.92. The number of hydrogen-bond acceptors (Lipinski definition) is 6. The summed E-state index contributed by atoms with van der Waals surface area (Å²) in [7, 11) is -2.30. The van der Waals surface area contributed by atoms with Crippen molar-refractivity contribution in [2.24, 2.45) is 0 Å². The van der Waals surface area contributed by atoms with E-state index in [4.69, 9.17) is 9.47 Å². The number of ether oxygens (including phenoxy) is 2. The van der Waals surface area contributed by atoms with Gasteiger partial charge in [-0.25, -0.2) is 13.2 Å². The van der Waals surface area contributed by atoms with Crippen molar-refractivity contribution in [3.8, 4) is 11.5 Å². The van der Waals surface area contributed by atoms with Gasteiger partial charge in [0.1, 0.15) is 5.25 Å². The van der Waals surface area contributed by atoms with Crippen LogP contribution in [0.1, 0.15) is 54.1 Å². The van der Waals surface area contributed by atoms with E-state index in [1.807, 2.05) is 19.1 Å². The first-order valence-electron chi connectivity index (χ1n) is 12.9. The second-order valence-electron chi connectivity index (χ2n) is 9.24. The lowest BCUT2D eigenvalue weighted by molar-refractivity contribution is 0.0729. The number of hydrogen-bond donors (Lipinski definition) is 1. The van der Waals surface area contributed by atoms with Crippen molar-refractivity contribution >= 4 is 15.8 Å². The number of methoxy groups -OCH3 is 1. The number of aliphatic hydroxyl groups excluding tert-OH is 1. The largest absolute Gasteiger partial charge is 0.493 e. The lowest BCUT2D eigenvalue weighted by Crippen LogP contribution is -2.33. The summed E-state index contributed by atoms with van der Waals surface area (Å²) in [5.41, 5.74) is 2.21. The first kappa shape index (κ1) is 29.1. The maximum absolute atomic E-state index is 13.4. The fourth-order valence-electron chi connectivity index (χ4n) is 4.04. The SMILES string of the molecule is CCCC/C=C/C(C(O)CCc1ccc(OC(=O)c2ccccc2)c(OC)c1)S(=O)(=O)c1ccc(C)cc1. The minimum Gasteiger partial charge on any atom is -0.493 e. The molecular weight excluding hydrogens is 500 g/mol. The Morgan fingerprint density at radius 3 is 2.37 bits per heavy atom. The van der Waals surface area contributed by atoms with Crippen LogP contribution in [0.4, 0.5) is 0 Å². The van der Waals surface area contributed by atoms with Gasteiger partial charge in [-0.2, -0.15) is 0 Å². The van der Waals surface area contributed by atoms with Crippen LogP contribution in [0.3, 0.4) is 0 Å². The molecule has 0 aliphatic heterocycles. The molecule has 202 valence electrons. The third-order valence-electron chi connectivity index (χ3n) is 6.31. The average molecular weight is 537 g/mol. The van der Waals surface area contributed by atoms with Crippen molar-refractivity contribution in [3.63, 3.8) is 0 Å². The van der Waals surface area contributed by atoms with Gasteiger partial charge in [0.05, 0.1) is 23.7 Å². The molecular formula is C31H36O6S. The summed E-state index contributed by atoms with van der Waals surface area (Å²) >= 11 is 0. The van der Waals surface area contributed by atoms with Crippen molar-refractivity contribution in [2.75, 3.05) is 7.11 Å². The molecule has 0 bridgehead atoms. The van der Waals surface area contributed by atoms with E-state index in [1.165, 1.54) is 7.11 Å². The fraction of sp³-hybridized carbons (Fsp3) is 0.323. The molecule has 0 amide bonds. The highest BCUT2D eigenvalue weighted by Crippen LogP contribution is 2.30. The van der Waals surface area contributed by atoms with Gasteiger partial charge in [-0.3, -0.25) is 0 Å². The molecule has 1 N–H and O–H groups in total. The highest BCUT2D eigenvalue weighted by Gasteiger charge is 2.31. The Kier molecular flexibility index (Phi) is 10.7. The molecule has 0 aliphatic rings. The van der Waals surface area contributed by atoms with Crippen molar-refractivity contribution in [3.05, 3.63) is 102 Å². The lowest BCUT2D eigenvalue weighted by Gasteiger charge is -2.21. The van der Waals surface area contributed by atoms with Crippen LogP contribution in [-0.4, -0.2) is 38.0 Å². The molecule has 38 heavy (non-hydrogen) atoms. The number of aliphatic hydroxyl groups is 1. The van der Waals surface area contributed by atoms with Crippen LogP contribution >= 0.6 is 0 Å². The van der Waals surface area contributed by atoms with Crippen LogP contribution in [0.15, 0.2) is 89.8 Å². The Morgan fingerprint density at radius 1 is 1.00 bits per heavy atom. The Labute approximate surface area is 225 Å². The molecule has 0 spiro atoms. The summed E-state index contributed by atoms with van der Waals surface area (Å²) < 4.78 is 37.8. The van der Waals surface area contributed by atoms with Gasteiger partial charge in [0.15, 0.2) is 21.3 Å². The molecule has 0 heterocycles. The number of sulfone groups is 1. The van der Waals surface area contributed by atoms with Gasteiger partial charge in [-0.1, -0.05) is 73.9 Å². The number of unbranched alkanes of at least 4 members (excludes halogenated alkanes) is 2. The monoisotopic (exact) mass is 536 g/mol. The molecule has 0 fully saturated rings. The number of rotatable bonds is 13. The molecule has 0 radical (unpaired) electrons. The number of carbonyl (C=O) groups excluding carboxylic acids is 1. The zero-order chi connectivity index (χ0) is 27.5. The Bertz CT molecular complexity index is 1310. The average Bonchev–Trinajstić information content (AvgIpc) is 2.92. The maximum atomic E-state index is 13.4. The molecule has 2 unspecified atom stereocenters. The van der Waals surface area contributed by atoms with Gasteiger partial charge in [-0.05, 0) is 68.1 Å². The third kappa shape index (κ3) is 7.79. The number of carbonyl (C=O) groups is 1. The van der Waals surface area contributed by atoms with E-state index in [9.17, 15) is 18.3 Å². The van der Waals surface area contributed by atoms with Crippen molar-refractivity contribution in [1.82, 2.24) is 0 Å². The molecule has 0 aromatic heterocycles.